The lowest BCUT2D eigenvalue weighted by Gasteiger charge is -2.38. The van der Waals surface area contributed by atoms with Crippen molar-refractivity contribution in [3.63, 3.8) is 0 Å². The Kier molecular flexibility index (Phi) is 2.93. The quantitative estimate of drug-likeness (QED) is 0.767. The van der Waals surface area contributed by atoms with Crippen molar-refractivity contribution in [2.75, 3.05) is 0 Å². The lowest BCUT2D eigenvalue weighted by molar-refractivity contribution is 0.0271. The molecule has 2 bridgehead atoms. The largest absolute Gasteiger partial charge is 0.474 e. The minimum absolute atomic E-state index is 0.267. The molecular weight excluding hydrogens is 304 g/mol. The van der Waals surface area contributed by atoms with Gasteiger partial charge in [0.15, 0.2) is 0 Å². The molecule has 0 amide bonds. The molecule has 1 aromatic heterocycles. The highest BCUT2D eigenvalue weighted by atomic mass is 79.9. The highest BCUT2D eigenvalue weighted by Gasteiger charge is 2.62. The van der Waals surface area contributed by atoms with Crippen molar-refractivity contribution in [1.29, 1.82) is 0 Å². The van der Waals surface area contributed by atoms with Crippen molar-refractivity contribution < 1.29 is 4.74 Å². The molecule has 2 aliphatic carbocycles. The van der Waals surface area contributed by atoms with Crippen LogP contribution in [-0.4, -0.2) is 16.1 Å². The van der Waals surface area contributed by atoms with Gasteiger partial charge < -0.3 is 4.74 Å². The van der Waals surface area contributed by atoms with E-state index in [9.17, 15) is 0 Å². The van der Waals surface area contributed by atoms with Crippen LogP contribution in [-0.2, 0) is 0 Å². The summed E-state index contributed by atoms with van der Waals surface area (Å²) in [7, 11) is 0. The third-order valence-corrected chi connectivity index (χ3v) is 6.17. The fourth-order valence-corrected chi connectivity index (χ4v) is 4.47. The van der Waals surface area contributed by atoms with Crippen LogP contribution in [0.25, 0.3) is 0 Å². The van der Waals surface area contributed by atoms with Crippen LogP contribution in [0.5, 0.6) is 5.88 Å². The molecule has 0 saturated heterocycles. The molecule has 3 atom stereocenters. The van der Waals surface area contributed by atoms with Crippen LogP contribution < -0.4 is 4.74 Å². The van der Waals surface area contributed by atoms with E-state index in [0.29, 0.717) is 11.3 Å². The van der Waals surface area contributed by atoms with E-state index < -0.39 is 0 Å². The minimum atomic E-state index is 0.267. The molecular formula is C15H21BrN2O. The van der Waals surface area contributed by atoms with E-state index in [1.165, 1.54) is 12.8 Å². The molecule has 0 N–H and O–H groups in total. The second-order valence-electron chi connectivity index (χ2n) is 6.79. The van der Waals surface area contributed by atoms with Crippen LogP contribution >= 0.6 is 15.9 Å². The third-order valence-electron chi connectivity index (χ3n) is 5.76. The molecule has 3 unspecified atom stereocenters. The number of hydrogen-bond acceptors (Lipinski definition) is 3. The zero-order chi connectivity index (χ0) is 13.8. The third kappa shape index (κ3) is 1.91. The Balaban J connectivity index is 1.86. The lowest BCUT2D eigenvalue weighted by Crippen LogP contribution is -2.39. The van der Waals surface area contributed by atoms with Crippen LogP contribution in [0, 0.1) is 23.7 Å². The summed E-state index contributed by atoms with van der Waals surface area (Å²) >= 11 is 3.41. The van der Waals surface area contributed by atoms with Gasteiger partial charge in [-0.3, -0.25) is 0 Å². The summed E-state index contributed by atoms with van der Waals surface area (Å²) in [5, 5.41) is 0. The molecule has 0 aliphatic heterocycles. The first-order valence-corrected chi connectivity index (χ1v) is 7.80. The Morgan fingerprint density at radius 3 is 2.58 bits per heavy atom. The predicted molar refractivity (Wildman–Crippen MR) is 78.1 cm³/mol. The van der Waals surface area contributed by atoms with Crippen molar-refractivity contribution in [2.45, 2.75) is 53.1 Å². The van der Waals surface area contributed by atoms with E-state index in [4.69, 9.17) is 4.74 Å². The van der Waals surface area contributed by atoms with Gasteiger partial charge in [0.05, 0.1) is 0 Å². The minimum Gasteiger partial charge on any atom is -0.474 e. The van der Waals surface area contributed by atoms with Gasteiger partial charge in [0.25, 0.3) is 0 Å². The number of aromatic nitrogens is 2. The summed E-state index contributed by atoms with van der Waals surface area (Å²) in [5.74, 6) is 2.24. The smallest absolute Gasteiger partial charge is 0.218 e. The monoisotopic (exact) mass is 324 g/mol. The second kappa shape index (κ2) is 4.18. The Hall–Kier alpha value is -0.640. The van der Waals surface area contributed by atoms with Crippen molar-refractivity contribution in [2.24, 2.45) is 16.7 Å². The summed E-state index contributed by atoms with van der Waals surface area (Å²) in [5.41, 5.74) is 0.639. The zero-order valence-electron chi connectivity index (χ0n) is 12.0. The van der Waals surface area contributed by atoms with E-state index in [1.807, 2.05) is 13.0 Å². The molecule has 2 fully saturated rings. The van der Waals surface area contributed by atoms with Crippen molar-refractivity contribution in [3.05, 3.63) is 16.5 Å². The number of rotatable bonds is 2. The van der Waals surface area contributed by atoms with Gasteiger partial charge in [0.1, 0.15) is 16.5 Å². The van der Waals surface area contributed by atoms with Gasteiger partial charge in [-0.2, -0.15) is 4.98 Å². The lowest BCUT2D eigenvalue weighted by atomic mass is 9.70. The fourth-order valence-electron chi connectivity index (χ4n) is 4.02. The number of hydrogen-bond donors (Lipinski definition) is 0. The summed E-state index contributed by atoms with van der Waals surface area (Å²) < 4.78 is 7.02. The number of nitrogens with zero attached hydrogens (tertiary/aromatic N) is 2. The number of fused-ring (bicyclic) bond motifs is 2. The fraction of sp³-hybridized carbons (Fsp3) is 0.733. The summed E-state index contributed by atoms with van der Waals surface area (Å²) in [6.45, 7) is 9.07. The molecule has 1 heterocycles. The Bertz CT molecular complexity index is 497. The van der Waals surface area contributed by atoms with E-state index >= 15 is 0 Å². The van der Waals surface area contributed by atoms with Crippen molar-refractivity contribution in [1.82, 2.24) is 9.97 Å². The van der Waals surface area contributed by atoms with Crippen LogP contribution in [0.4, 0.5) is 0 Å². The molecule has 3 rings (SSSR count). The number of aryl methyl sites for hydroxylation is 1. The molecule has 104 valence electrons. The van der Waals surface area contributed by atoms with Crippen molar-refractivity contribution in [3.8, 4) is 5.88 Å². The molecule has 0 aromatic carbocycles. The molecule has 1 aromatic rings. The Labute approximate surface area is 123 Å². The van der Waals surface area contributed by atoms with Gasteiger partial charge in [0, 0.05) is 11.5 Å². The van der Waals surface area contributed by atoms with E-state index in [1.54, 1.807) is 0 Å². The predicted octanol–water partition coefficient (Wildman–Crippen LogP) is 4.14. The standard InChI is InChI=1S/C15H21BrN2O/c1-9-17-12(16)8-13(18-9)19-11-7-10-5-6-15(11,4)14(10,2)3/h8,10-11H,5-7H2,1-4H3. The molecule has 2 saturated carbocycles. The van der Waals surface area contributed by atoms with Gasteiger partial charge in [-0.05, 0) is 53.4 Å². The first kappa shape index (κ1) is 13.3. The van der Waals surface area contributed by atoms with Crippen LogP contribution in [0.3, 0.4) is 0 Å². The van der Waals surface area contributed by atoms with E-state index in [0.717, 1.165) is 22.8 Å². The second-order valence-corrected chi connectivity index (χ2v) is 7.61. The van der Waals surface area contributed by atoms with Crippen molar-refractivity contribution >= 4 is 15.9 Å². The summed E-state index contributed by atoms with van der Waals surface area (Å²) in [6, 6.07) is 1.87. The van der Waals surface area contributed by atoms with E-state index in [-0.39, 0.29) is 11.5 Å². The van der Waals surface area contributed by atoms with Gasteiger partial charge >= 0.3 is 0 Å². The van der Waals surface area contributed by atoms with Gasteiger partial charge in [0.2, 0.25) is 5.88 Å². The molecule has 2 aliphatic rings. The highest BCUT2D eigenvalue weighted by Crippen LogP contribution is 2.66. The highest BCUT2D eigenvalue weighted by molar-refractivity contribution is 9.10. The maximum absolute atomic E-state index is 6.23. The first-order valence-electron chi connectivity index (χ1n) is 7.01. The van der Waals surface area contributed by atoms with E-state index in [2.05, 4.69) is 46.7 Å². The summed E-state index contributed by atoms with van der Waals surface area (Å²) in [6.07, 6.45) is 4.04. The Morgan fingerprint density at radius 1 is 1.32 bits per heavy atom. The maximum Gasteiger partial charge on any atom is 0.218 e. The average molecular weight is 325 g/mol. The van der Waals surface area contributed by atoms with Gasteiger partial charge in [-0.1, -0.05) is 20.8 Å². The normalized spacial score (nSPS) is 35.6. The molecule has 19 heavy (non-hydrogen) atoms. The molecule has 3 nitrogen and oxygen atoms in total. The zero-order valence-corrected chi connectivity index (χ0v) is 13.6. The molecule has 4 heteroatoms. The SMILES string of the molecule is Cc1nc(Br)cc(OC2CC3CCC2(C)C3(C)C)n1. The van der Waals surface area contributed by atoms with Crippen LogP contribution in [0.15, 0.2) is 10.7 Å². The summed E-state index contributed by atoms with van der Waals surface area (Å²) in [4.78, 5) is 8.62. The first-order chi connectivity index (χ1) is 8.83. The van der Waals surface area contributed by atoms with Crippen LogP contribution in [0.1, 0.15) is 45.9 Å². The molecule has 0 spiro atoms. The number of halogens is 1. The number of ether oxygens (including phenoxy) is 1. The average Bonchev–Trinajstić information content (AvgIpc) is 2.60. The van der Waals surface area contributed by atoms with Crippen LogP contribution in [0.2, 0.25) is 0 Å². The van der Waals surface area contributed by atoms with Gasteiger partial charge in [-0.25, -0.2) is 4.98 Å². The van der Waals surface area contributed by atoms with Gasteiger partial charge in [-0.15, -0.1) is 0 Å². The topological polar surface area (TPSA) is 35.0 Å². The Morgan fingerprint density at radius 2 is 2.05 bits per heavy atom. The maximum atomic E-state index is 6.23. The molecule has 0 radical (unpaired) electrons.